The minimum atomic E-state index is -0.318. The highest BCUT2D eigenvalue weighted by atomic mass is 15.3. The fraction of sp³-hybridized carbons (Fsp3) is 0.105. The van der Waals surface area contributed by atoms with E-state index in [4.69, 9.17) is 19.9 Å². The molecular formula is C76H58N8. The summed E-state index contributed by atoms with van der Waals surface area (Å²) in [5.74, 6) is 2.42. The van der Waals surface area contributed by atoms with E-state index in [1.54, 1.807) is 0 Å². The van der Waals surface area contributed by atoms with Crippen LogP contribution in [0.2, 0.25) is 0 Å². The maximum Gasteiger partial charge on any atom is 0.164 e. The number of aromatic nitrogens is 4. The molecule has 0 fully saturated rings. The molecule has 9 aromatic carbocycles. The van der Waals surface area contributed by atoms with Gasteiger partial charge in [0, 0.05) is 50.2 Å². The summed E-state index contributed by atoms with van der Waals surface area (Å²) < 4.78 is 2.65. The summed E-state index contributed by atoms with van der Waals surface area (Å²) in [7, 11) is 0. The Bertz CT molecular complexity index is 4480. The van der Waals surface area contributed by atoms with Gasteiger partial charge in [0.15, 0.2) is 17.5 Å². The zero-order valence-electron chi connectivity index (χ0n) is 46.2. The van der Waals surface area contributed by atoms with Crippen molar-refractivity contribution in [2.24, 2.45) is 10.9 Å². The molecule has 0 amide bonds. The topological polar surface area (TPSA) is 83.3 Å². The molecule has 11 aromatic rings. The number of fused-ring (bicyclic) bond motifs is 8. The molecule has 84 heavy (non-hydrogen) atoms. The lowest BCUT2D eigenvalue weighted by Gasteiger charge is -2.39. The van der Waals surface area contributed by atoms with E-state index in [0.29, 0.717) is 23.9 Å². The lowest BCUT2D eigenvalue weighted by molar-refractivity contribution is 0.419. The first-order valence-electron chi connectivity index (χ1n) is 29.3. The Hall–Kier alpha value is -10.3. The number of nitrogens with zero attached hydrogens (tertiary/aromatic N) is 6. The second kappa shape index (κ2) is 20.9. The molecule has 2 N–H and O–H groups in total. The van der Waals surface area contributed by atoms with Crippen molar-refractivity contribution in [2.45, 2.75) is 43.6 Å². The van der Waals surface area contributed by atoms with E-state index < -0.39 is 0 Å². The predicted molar refractivity (Wildman–Crippen MR) is 344 cm³/mol. The highest BCUT2D eigenvalue weighted by Gasteiger charge is 2.49. The maximum atomic E-state index is 5.81. The third-order valence-corrected chi connectivity index (χ3v) is 17.6. The number of nitrogens with one attached hydrogen (secondary N) is 2. The maximum absolute atomic E-state index is 5.81. The average Bonchev–Trinajstić information content (AvgIpc) is 2.12. The van der Waals surface area contributed by atoms with Crippen LogP contribution in [0.5, 0.6) is 0 Å². The molecule has 0 spiro atoms. The molecule has 0 bridgehead atoms. The highest BCUT2D eigenvalue weighted by molar-refractivity contribution is 6.08. The minimum Gasteiger partial charge on any atom is -0.354 e. The number of para-hydroxylation sites is 1. The van der Waals surface area contributed by atoms with Gasteiger partial charge in [-0.05, 0) is 106 Å². The molecule has 402 valence electrons. The van der Waals surface area contributed by atoms with E-state index in [1.165, 1.54) is 72.2 Å². The number of anilines is 2. The number of amidine groups is 1. The van der Waals surface area contributed by atoms with Crippen LogP contribution in [0.25, 0.3) is 78.5 Å². The van der Waals surface area contributed by atoms with Crippen LogP contribution in [0.4, 0.5) is 11.4 Å². The van der Waals surface area contributed by atoms with Crippen LogP contribution in [-0.4, -0.2) is 37.6 Å². The summed E-state index contributed by atoms with van der Waals surface area (Å²) in [5.41, 5.74) is 18.6. The summed E-state index contributed by atoms with van der Waals surface area (Å²) in [6, 6.07) is 84.9. The van der Waals surface area contributed by atoms with Crippen molar-refractivity contribution in [1.82, 2.24) is 30.2 Å². The molecule has 0 saturated heterocycles. The first kappa shape index (κ1) is 49.5. The molecule has 0 radical (unpaired) electrons. The predicted octanol–water partition coefficient (Wildman–Crippen LogP) is 17.0. The van der Waals surface area contributed by atoms with Crippen molar-refractivity contribution in [2.75, 3.05) is 4.90 Å². The summed E-state index contributed by atoms with van der Waals surface area (Å²) in [4.78, 5) is 24.3. The number of hydrogen-bond acceptors (Lipinski definition) is 7. The quantitative estimate of drug-likeness (QED) is 0.142. The third kappa shape index (κ3) is 8.64. The Kier molecular flexibility index (Phi) is 12.3. The number of aliphatic imine (C=N–C) groups is 1. The average molecular weight is 1080 g/mol. The largest absolute Gasteiger partial charge is 0.354 e. The Labute approximate surface area is 489 Å². The van der Waals surface area contributed by atoms with Gasteiger partial charge in [-0.25, -0.2) is 19.9 Å². The van der Waals surface area contributed by atoms with E-state index in [-0.39, 0.29) is 30.2 Å². The molecule has 5 unspecified atom stereocenters. The standard InChI is InChI=1S/C76H58N8/c1-7-24-49(25-8-1)56-42-44-66-61(46-56)62-48-60(51-26-9-2-10-27-51)69-68(59-39-21-22-40-65(59)83(69)64-41-23-37-50-28-19-20-38-58(50)64)70(62)84(66)67-45-43-57(75-79-71(52-29-11-3-12-30-52)77-72(80-75)53-31-13-4-14-32-53)47-63(67)76-81-73(54-33-15-5-16-34-54)78-74(82-76)55-35-17-6-18-36-55/h1-17,19-35,37-46,48,63,68-69,73-74,78H,18,36,47H2,(H,81,82). The number of hydrogen-bond donors (Lipinski definition) is 2. The number of rotatable bonds is 10. The van der Waals surface area contributed by atoms with Crippen molar-refractivity contribution < 1.29 is 0 Å². The van der Waals surface area contributed by atoms with Gasteiger partial charge in [-0.1, -0.05) is 237 Å². The second-order valence-electron chi connectivity index (χ2n) is 22.4. The van der Waals surface area contributed by atoms with Gasteiger partial charge in [0.25, 0.3) is 0 Å². The van der Waals surface area contributed by atoms with Crippen LogP contribution >= 0.6 is 0 Å². The van der Waals surface area contributed by atoms with Gasteiger partial charge in [0.2, 0.25) is 0 Å². The molecule has 8 heteroatoms. The van der Waals surface area contributed by atoms with Crippen LogP contribution in [0.1, 0.15) is 65.1 Å². The van der Waals surface area contributed by atoms with Crippen LogP contribution in [0.3, 0.4) is 0 Å². The van der Waals surface area contributed by atoms with Gasteiger partial charge in [0.05, 0.1) is 23.4 Å². The van der Waals surface area contributed by atoms with Gasteiger partial charge in [-0.15, -0.1) is 0 Å². The summed E-state index contributed by atoms with van der Waals surface area (Å²) >= 11 is 0. The van der Waals surface area contributed by atoms with E-state index in [0.717, 1.165) is 52.2 Å². The third-order valence-electron chi connectivity index (χ3n) is 17.6. The van der Waals surface area contributed by atoms with Gasteiger partial charge >= 0.3 is 0 Å². The highest BCUT2D eigenvalue weighted by Crippen LogP contribution is 2.59. The first-order chi connectivity index (χ1) is 41.7. The van der Waals surface area contributed by atoms with Crippen LogP contribution in [0, 0.1) is 5.92 Å². The van der Waals surface area contributed by atoms with Gasteiger partial charge in [-0.2, -0.15) is 0 Å². The lowest BCUT2D eigenvalue weighted by atomic mass is 9.77. The molecule has 2 aliphatic heterocycles. The van der Waals surface area contributed by atoms with Crippen molar-refractivity contribution in [3.05, 3.63) is 306 Å². The Morgan fingerprint density at radius 3 is 1.87 bits per heavy atom. The Balaban J connectivity index is 0.978. The lowest BCUT2D eigenvalue weighted by Crippen LogP contribution is -2.54. The monoisotopic (exact) mass is 1080 g/mol. The molecule has 0 saturated carbocycles. The molecule has 2 aromatic heterocycles. The summed E-state index contributed by atoms with van der Waals surface area (Å²) in [5, 5.41) is 11.7. The first-order valence-corrected chi connectivity index (χ1v) is 29.3. The molecule has 16 rings (SSSR count). The number of benzene rings is 9. The van der Waals surface area contributed by atoms with E-state index in [1.807, 2.05) is 36.4 Å². The molecule has 4 heterocycles. The normalized spacial score (nSPS) is 19.7. The molecule has 5 atom stereocenters. The number of allylic oxidation sites excluding steroid dienone is 6. The second-order valence-corrected chi connectivity index (χ2v) is 22.4. The van der Waals surface area contributed by atoms with Crippen molar-refractivity contribution >= 4 is 61.8 Å². The molecule has 3 aliphatic carbocycles. The van der Waals surface area contributed by atoms with Crippen LogP contribution < -0.4 is 15.5 Å². The minimum absolute atomic E-state index is 0.104. The van der Waals surface area contributed by atoms with E-state index >= 15 is 0 Å². The smallest absolute Gasteiger partial charge is 0.164 e. The van der Waals surface area contributed by atoms with Gasteiger partial charge in [-0.3, -0.25) is 5.32 Å². The molecular weight excluding hydrogens is 1020 g/mol. The van der Waals surface area contributed by atoms with E-state index in [2.05, 4.69) is 257 Å². The van der Waals surface area contributed by atoms with Crippen LogP contribution in [0.15, 0.2) is 278 Å². The Morgan fingerprint density at radius 1 is 0.512 bits per heavy atom. The van der Waals surface area contributed by atoms with Crippen molar-refractivity contribution in [3.8, 4) is 33.9 Å². The molecule has 5 aliphatic rings. The van der Waals surface area contributed by atoms with Gasteiger partial charge < -0.3 is 14.8 Å². The zero-order valence-corrected chi connectivity index (χ0v) is 46.2. The van der Waals surface area contributed by atoms with Crippen molar-refractivity contribution in [1.29, 1.82) is 0 Å². The van der Waals surface area contributed by atoms with E-state index in [9.17, 15) is 0 Å². The van der Waals surface area contributed by atoms with Crippen molar-refractivity contribution in [3.63, 3.8) is 0 Å². The zero-order chi connectivity index (χ0) is 55.5. The molecule has 8 nitrogen and oxygen atoms in total. The van der Waals surface area contributed by atoms with Gasteiger partial charge in [0.1, 0.15) is 18.2 Å². The summed E-state index contributed by atoms with van der Waals surface area (Å²) in [6.45, 7) is 0. The Morgan fingerprint density at radius 2 is 1.14 bits per heavy atom. The fourth-order valence-corrected chi connectivity index (χ4v) is 13.7. The van der Waals surface area contributed by atoms with Crippen LogP contribution in [-0.2, 0) is 0 Å². The SMILES string of the molecule is C1=CCCC(C2NC(C3CC(c4nc(-c5ccccc5)nc(-c5ccccc5)n4)=CC=C3n3c4c(c5cc(-c6ccccc6)ccc53)C=C(c3ccccc3)C3C4c4ccccc4N3c3cccc4ccccc34)=NC(c3ccccc3)N2)=C1. The summed E-state index contributed by atoms with van der Waals surface area (Å²) in [6.07, 6.45) is 15.9. The fourth-order valence-electron chi connectivity index (χ4n) is 13.7.